The summed E-state index contributed by atoms with van der Waals surface area (Å²) < 4.78 is 15.5. The molecular formula is C20H21N3O4. The first kappa shape index (κ1) is 19.7. The summed E-state index contributed by atoms with van der Waals surface area (Å²) in [7, 11) is 3.11. The van der Waals surface area contributed by atoms with Gasteiger partial charge in [0.05, 0.1) is 26.5 Å². The first-order valence-electron chi connectivity index (χ1n) is 8.25. The van der Waals surface area contributed by atoms with E-state index in [2.05, 4.69) is 10.6 Å². The fourth-order valence-corrected chi connectivity index (χ4v) is 2.26. The Kier molecular flexibility index (Phi) is 7.08. The second kappa shape index (κ2) is 9.73. The summed E-state index contributed by atoms with van der Waals surface area (Å²) >= 11 is 0. The van der Waals surface area contributed by atoms with Gasteiger partial charge in [-0.25, -0.2) is 4.79 Å². The lowest BCUT2D eigenvalue weighted by atomic mass is 10.2. The van der Waals surface area contributed by atoms with Gasteiger partial charge in [0.1, 0.15) is 23.4 Å². The number of nitriles is 1. The quantitative estimate of drug-likeness (QED) is 0.419. The van der Waals surface area contributed by atoms with E-state index >= 15 is 0 Å². The Labute approximate surface area is 158 Å². The Morgan fingerprint density at radius 2 is 1.74 bits per heavy atom. The number of carbonyl (C=O) groups excluding carboxylic acids is 1. The molecule has 2 N–H and O–H groups in total. The van der Waals surface area contributed by atoms with Gasteiger partial charge in [-0.2, -0.15) is 5.26 Å². The number of methoxy groups -OCH3 is 2. The lowest BCUT2D eigenvalue weighted by Crippen LogP contribution is -2.19. The third-order valence-corrected chi connectivity index (χ3v) is 3.57. The van der Waals surface area contributed by atoms with Gasteiger partial charge in [0.15, 0.2) is 5.57 Å². The second-order valence-electron chi connectivity index (χ2n) is 5.26. The van der Waals surface area contributed by atoms with Crippen molar-refractivity contribution in [2.45, 2.75) is 6.92 Å². The highest BCUT2D eigenvalue weighted by Gasteiger charge is 2.18. The number of benzene rings is 2. The van der Waals surface area contributed by atoms with Crippen LogP contribution < -0.4 is 20.1 Å². The summed E-state index contributed by atoms with van der Waals surface area (Å²) in [5.41, 5.74) is 1.07. The van der Waals surface area contributed by atoms with Crippen molar-refractivity contribution in [3.05, 3.63) is 59.9 Å². The van der Waals surface area contributed by atoms with Gasteiger partial charge < -0.3 is 24.8 Å². The van der Waals surface area contributed by atoms with Crippen LogP contribution in [0.1, 0.15) is 6.92 Å². The molecule has 0 bridgehead atoms. The number of carbonyl (C=O) groups is 1. The fourth-order valence-electron chi connectivity index (χ4n) is 2.26. The van der Waals surface area contributed by atoms with Crippen LogP contribution >= 0.6 is 0 Å². The number of hydrogen-bond acceptors (Lipinski definition) is 7. The molecule has 0 aliphatic carbocycles. The minimum Gasteiger partial charge on any atom is -0.497 e. The number of rotatable bonds is 8. The largest absolute Gasteiger partial charge is 0.497 e. The Morgan fingerprint density at radius 1 is 1.04 bits per heavy atom. The average molecular weight is 367 g/mol. The van der Waals surface area contributed by atoms with Gasteiger partial charge in [-0.15, -0.1) is 0 Å². The molecule has 0 radical (unpaired) electrons. The monoisotopic (exact) mass is 367 g/mol. The van der Waals surface area contributed by atoms with Crippen molar-refractivity contribution in [1.29, 1.82) is 5.26 Å². The van der Waals surface area contributed by atoms with Crippen molar-refractivity contribution < 1.29 is 19.0 Å². The molecule has 0 aliphatic rings. The van der Waals surface area contributed by atoms with E-state index in [1.165, 1.54) is 7.11 Å². The summed E-state index contributed by atoms with van der Waals surface area (Å²) in [4.78, 5) is 12.2. The highest BCUT2D eigenvalue weighted by atomic mass is 16.5. The van der Waals surface area contributed by atoms with Crippen molar-refractivity contribution in [3.63, 3.8) is 0 Å². The highest BCUT2D eigenvalue weighted by molar-refractivity contribution is 5.95. The molecule has 0 heterocycles. The maximum atomic E-state index is 12.2. The van der Waals surface area contributed by atoms with E-state index in [1.54, 1.807) is 50.4 Å². The van der Waals surface area contributed by atoms with Crippen LogP contribution in [0.25, 0.3) is 0 Å². The Balaban J connectivity index is 2.43. The molecule has 0 unspecified atom stereocenters. The number of nitrogens with one attached hydrogen (secondary N) is 2. The third kappa shape index (κ3) is 5.16. The summed E-state index contributed by atoms with van der Waals surface area (Å²) in [6.07, 6.45) is 0. The van der Waals surface area contributed by atoms with E-state index < -0.39 is 5.97 Å². The molecule has 2 aromatic carbocycles. The molecule has 7 nitrogen and oxygen atoms in total. The third-order valence-electron chi connectivity index (χ3n) is 3.57. The lowest BCUT2D eigenvalue weighted by Gasteiger charge is -2.17. The Bertz CT molecular complexity index is 854. The van der Waals surface area contributed by atoms with E-state index in [9.17, 15) is 10.1 Å². The molecular weight excluding hydrogens is 346 g/mol. The zero-order chi connectivity index (χ0) is 19.6. The molecule has 27 heavy (non-hydrogen) atoms. The zero-order valence-electron chi connectivity index (χ0n) is 15.4. The molecule has 0 atom stereocenters. The van der Waals surface area contributed by atoms with Crippen LogP contribution in [0.5, 0.6) is 11.5 Å². The van der Waals surface area contributed by atoms with Crippen LogP contribution in [0.15, 0.2) is 59.9 Å². The molecule has 2 rings (SSSR count). The standard InChI is InChI=1S/C20H21N3O4/c1-4-27-20(24)16(13-21)19(22-14-9-11-15(25-2)12-10-14)23-17-7-5-6-8-18(17)26-3/h5-12,22-23H,4H2,1-3H3/b19-16-. The first-order chi connectivity index (χ1) is 13.1. The van der Waals surface area contributed by atoms with Crippen molar-refractivity contribution in [1.82, 2.24) is 0 Å². The van der Waals surface area contributed by atoms with Crippen LogP contribution in [-0.4, -0.2) is 26.8 Å². The van der Waals surface area contributed by atoms with Crippen LogP contribution in [-0.2, 0) is 9.53 Å². The van der Waals surface area contributed by atoms with Crippen LogP contribution in [0.4, 0.5) is 11.4 Å². The lowest BCUT2D eigenvalue weighted by molar-refractivity contribution is -0.138. The van der Waals surface area contributed by atoms with Crippen molar-refractivity contribution >= 4 is 17.3 Å². The molecule has 0 aliphatic heterocycles. The maximum absolute atomic E-state index is 12.2. The number of anilines is 2. The van der Waals surface area contributed by atoms with Gasteiger partial charge in [-0.1, -0.05) is 12.1 Å². The van der Waals surface area contributed by atoms with Crippen LogP contribution in [0, 0.1) is 11.3 Å². The number of ether oxygens (including phenoxy) is 3. The first-order valence-corrected chi connectivity index (χ1v) is 8.25. The van der Waals surface area contributed by atoms with Crippen molar-refractivity contribution in [3.8, 4) is 17.6 Å². The number of esters is 1. The van der Waals surface area contributed by atoms with Gasteiger partial charge >= 0.3 is 5.97 Å². The van der Waals surface area contributed by atoms with E-state index in [1.807, 2.05) is 18.2 Å². The predicted molar refractivity (Wildman–Crippen MR) is 103 cm³/mol. The van der Waals surface area contributed by atoms with Crippen molar-refractivity contribution in [2.24, 2.45) is 0 Å². The Hall–Kier alpha value is -3.66. The number of nitrogens with zero attached hydrogens (tertiary/aromatic N) is 1. The van der Waals surface area contributed by atoms with Gasteiger partial charge in [0.2, 0.25) is 0 Å². The van der Waals surface area contributed by atoms with E-state index in [0.717, 1.165) is 0 Å². The van der Waals surface area contributed by atoms with Gasteiger partial charge in [-0.05, 0) is 43.3 Å². The van der Waals surface area contributed by atoms with Crippen molar-refractivity contribution in [2.75, 3.05) is 31.5 Å². The molecule has 0 fully saturated rings. The topological polar surface area (TPSA) is 92.6 Å². The second-order valence-corrected chi connectivity index (χ2v) is 5.26. The minimum absolute atomic E-state index is 0.161. The maximum Gasteiger partial charge on any atom is 0.352 e. The molecule has 0 aromatic heterocycles. The van der Waals surface area contributed by atoms with Gasteiger partial charge in [-0.3, -0.25) is 0 Å². The van der Waals surface area contributed by atoms with Crippen LogP contribution in [0.3, 0.4) is 0 Å². The summed E-state index contributed by atoms with van der Waals surface area (Å²) in [5, 5.41) is 15.6. The molecule has 7 heteroatoms. The fraction of sp³-hybridized carbons (Fsp3) is 0.200. The molecule has 0 saturated carbocycles. The molecule has 0 amide bonds. The van der Waals surface area contributed by atoms with E-state index in [-0.39, 0.29) is 18.0 Å². The van der Waals surface area contributed by atoms with E-state index in [4.69, 9.17) is 14.2 Å². The van der Waals surface area contributed by atoms with Crippen LogP contribution in [0.2, 0.25) is 0 Å². The van der Waals surface area contributed by atoms with E-state index in [0.29, 0.717) is 22.9 Å². The number of hydrogen-bond donors (Lipinski definition) is 2. The molecule has 2 aromatic rings. The predicted octanol–water partition coefficient (Wildman–Crippen LogP) is 3.53. The zero-order valence-corrected chi connectivity index (χ0v) is 15.4. The normalized spacial score (nSPS) is 10.9. The molecule has 140 valence electrons. The summed E-state index contributed by atoms with van der Waals surface area (Å²) in [6.45, 7) is 1.84. The van der Waals surface area contributed by atoms with Gasteiger partial charge in [0, 0.05) is 5.69 Å². The molecule has 0 spiro atoms. The average Bonchev–Trinajstić information content (AvgIpc) is 2.69. The highest BCUT2D eigenvalue weighted by Crippen LogP contribution is 2.26. The van der Waals surface area contributed by atoms with Gasteiger partial charge in [0.25, 0.3) is 0 Å². The minimum atomic E-state index is -0.724. The number of para-hydroxylation sites is 2. The summed E-state index contributed by atoms with van der Waals surface area (Å²) in [6, 6.07) is 16.1. The molecule has 0 saturated heterocycles. The SMILES string of the molecule is CCOC(=O)/C(C#N)=C(/Nc1ccc(OC)cc1)Nc1ccccc1OC. The Morgan fingerprint density at radius 3 is 2.33 bits per heavy atom. The summed E-state index contributed by atoms with van der Waals surface area (Å²) in [5.74, 6) is 0.714. The smallest absolute Gasteiger partial charge is 0.352 e.